The molecule has 4 saturated carbocycles. The van der Waals surface area contributed by atoms with Crippen LogP contribution in [0.1, 0.15) is 98.3 Å². The maximum Gasteiger partial charge on any atom is 0.220 e. The van der Waals surface area contributed by atoms with Crippen LogP contribution in [0.15, 0.2) is 0 Å². The molecule has 5 nitrogen and oxygen atoms in total. The second kappa shape index (κ2) is 10.4. The first kappa shape index (κ1) is 26.4. The molecule has 4 rings (SSSR count). The molecule has 0 heterocycles. The highest BCUT2D eigenvalue weighted by Gasteiger charge is 2.64. The van der Waals surface area contributed by atoms with Crippen molar-refractivity contribution in [3.63, 3.8) is 0 Å². The van der Waals surface area contributed by atoms with Crippen LogP contribution in [-0.4, -0.2) is 41.4 Å². The van der Waals surface area contributed by atoms with Crippen molar-refractivity contribution in [3.8, 4) is 0 Å². The summed E-state index contributed by atoms with van der Waals surface area (Å²) in [6.07, 6.45) is 10.9. The Kier molecular flexibility index (Phi) is 8.06. The molecule has 5 N–H and O–H groups in total. The van der Waals surface area contributed by atoms with E-state index in [1.165, 1.54) is 25.7 Å². The van der Waals surface area contributed by atoms with Gasteiger partial charge in [0.05, 0.1) is 12.2 Å². The Labute approximate surface area is 208 Å². The predicted octanol–water partition coefficient (Wildman–Crippen LogP) is 4.49. The Bertz CT molecular complexity index is 715. The number of aliphatic hydroxyl groups excluding tert-OH is 2. The fourth-order valence-corrected chi connectivity index (χ4v) is 9.91. The number of amides is 1. The molecule has 0 aromatic heterocycles. The third-order valence-electron chi connectivity index (χ3n) is 11.7. The summed E-state index contributed by atoms with van der Waals surface area (Å²) < 4.78 is 0. The number of rotatable bonds is 8. The van der Waals surface area contributed by atoms with Crippen LogP contribution in [0, 0.1) is 52.3 Å². The summed E-state index contributed by atoms with van der Waals surface area (Å²) in [5.41, 5.74) is 6.07. The number of hydrogen-bond acceptors (Lipinski definition) is 4. The maximum absolute atomic E-state index is 12.3. The van der Waals surface area contributed by atoms with Gasteiger partial charge in [0.25, 0.3) is 0 Å². The zero-order valence-electron chi connectivity index (χ0n) is 22.3. The molecule has 34 heavy (non-hydrogen) atoms. The molecule has 5 heteroatoms. The van der Waals surface area contributed by atoms with Crippen LogP contribution >= 0.6 is 0 Å². The minimum absolute atomic E-state index is 0.163. The fraction of sp³-hybridized carbons (Fsp3) is 0.966. The first-order valence-corrected chi connectivity index (χ1v) is 14.5. The van der Waals surface area contributed by atoms with Crippen molar-refractivity contribution in [2.24, 2.45) is 58.0 Å². The van der Waals surface area contributed by atoms with Crippen LogP contribution in [0.2, 0.25) is 0 Å². The highest BCUT2D eigenvalue weighted by atomic mass is 16.3. The molecule has 0 aromatic carbocycles. The minimum atomic E-state index is -0.231. The lowest BCUT2D eigenvalue weighted by atomic mass is 9.41. The summed E-state index contributed by atoms with van der Waals surface area (Å²) in [7, 11) is 0. The highest BCUT2D eigenvalue weighted by Crippen LogP contribution is 2.69. The molecule has 0 saturated heterocycles. The maximum atomic E-state index is 12.3. The lowest BCUT2D eigenvalue weighted by molar-refractivity contribution is -0.203. The van der Waals surface area contributed by atoms with Gasteiger partial charge >= 0.3 is 0 Å². The van der Waals surface area contributed by atoms with E-state index in [4.69, 9.17) is 5.73 Å². The summed E-state index contributed by atoms with van der Waals surface area (Å²) in [4.78, 5) is 12.3. The van der Waals surface area contributed by atoms with Crippen molar-refractivity contribution in [3.05, 3.63) is 0 Å². The molecule has 4 fully saturated rings. The van der Waals surface area contributed by atoms with E-state index in [-0.39, 0.29) is 28.9 Å². The Morgan fingerprint density at radius 2 is 1.76 bits per heavy atom. The summed E-state index contributed by atoms with van der Waals surface area (Å²) in [6.45, 7) is 10.9. The number of nitrogens with two attached hydrogens (primary N) is 1. The molecular formula is C29H52N2O3. The van der Waals surface area contributed by atoms with Gasteiger partial charge < -0.3 is 21.3 Å². The quantitative estimate of drug-likeness (QED) is 0.388. The van der Waals surface area contributed by atoms with Gasteiger partial charge in [0.2, 0.25) is 5.91 Å². The van der Waals surface area contributed by atoms with Gasteiger partial charge in [-0.05, 0) is 117 Å². The first-order valence-electron chi connectivity index (χ1n) is 14.5. The van der Waals surface area contributed by atoms with Gasteiger partial charge in [-0.15, -0.1) is 0 Å². The molecule has 0 aromatic rings. The van der Waals surface area contributed by atoms with Crippen LogP contribution in [-0.2, 0) is 4.79 Å². The SMILES string of the molecule is CC[C@H]1[C@@H](O)[C@@H]2[C@H](CC[C@]3(C)[C@@H]([C@H](C)CCC(=O)NCCCN)CC[C@@H]23)[C@@]2(C)CC[C@@H](O)C[C@@H]12. The number of fused-ring (bicyclic) bond motifs is 5. The second-order valence-electron chi connectivity index (χ2n) is 13.1. The van der Waals surface area contributed by atoms with Gasteiger partial charge in [-0.25, -0.2) is 0 Å². The van der Waals surface area contributed by atoms with Crippen molar-refractivity contribution in [2.45, 2.75) is 111 Å². The third-order valence-corrected chi connectivity index (χ3v) is 11.7. The van der Waals surface area contributed by atoms with Crippen molar-refractivity contribution in [1.29, 1.82) is 0 Å². The smallest absolute Gasteiger partial charge is 0.220 e. The van der Waals surface area contributed by atoms with E-state index >= 15 is 0 Å². The van der Waals surface area contributed by atoms with E-state index in [9.17, 15) is 15.0 Å². The number of nitrogens with one attached hydrogen (secondary N) is 1. The molecule has 0 aliphatic heterocycles. The Hall–Kier alpha value is -0.650. The molecule has 11 atom stereocenters. The van der Waals surface area contributed by atoms with E-state index in [2.05, 4.69) is 33.0 Å². The lowest BCUT2D eigenvalue weighted by Gasteiger charge is -2.64. The van der Waals surface area contributed by atoms with Gasteiger partial charge in [-0.2, -0.15) is 0 Å². The van der Waals surface area contributed by atoms with Crippen molar-refractivity contribution < 1.29 is 15.0 Å². The van der Waals surface area contributed by atoms with Crippen LogP contribution < -0.4 is 11.1 Å². The van der Waals surface area contributed by atoms with Crippen molar-refractivity contribution >= 4 is 5.91 Å². The molecule has 4 aliphatic carbocycles. The predicted molar refractivity (Wildman–Crippen MR) is 137 cm³/mol. The zero-order chi connectivity index (χ0) is 24.7. The standard InChI is InChI=1S/C29H52N2O3/c1-5-20-24-17-19(32)11-13-29(24,4)23-12-14-28(3)21(8-9-22(28)26(23)27(20)34)18(2)7-10-25(33)31-16-6-15-30/h18-24,26-27,32,34H,5-17,30H2,1-4H3,(H,31,33)/t18-,19-,20-,21-,22+,23+,24+,26+,27-,28-,29-/m1/s1. The van der Waals surface area contributed by atoms with Crippen LogP contribution in [0.3, 0.4) is 0 Å². The Morgan fingerprint density at radius 3 is 2.47 bits per heavy atom. The van der Waals surface area contributed by atoms with Gasteiger partial charge in [-0.1, -0.05) is 34.1 Å². The van der Waals surface area contributed by atoms with E-state index in [1.807, 2.05) is 0 Å². The Morgan fingerprint density at radius 1 is 1.06 bits per heavy atom. The molecule has 0 bridgehead atoms. The molecule has 196 valence electrons. The molecule has 0 unspecified atom stereocenters. The van der Waals surface area contributed by atoms with E-state index in [1.54, 1.807) is 0 Å². The summed E-state index contributed by atoms with van der Waals surface area (Å²) in [6, 6.07) is 0. The van der Waals surface area contributed by atoms with Gasteiger partial charge in [0.1, 0.15) is 0 Å². The summed E-state index contributed by atoms with van der Waals surface area (Å²) in [5, 5.41) is 25.3. The van der Waals surface area contributed by atoms with Crippen molar-refractivity contribution in [2.75, 3.05) is 13.1 Å². The van der Waals surface area contributed by atoms with Crippen molar-refractivity contribution in [1.82, 2.24) is 5.32 Å². The molecule has 4 aliphatic rings. The van der Waals surface area contributed by atoms with Crippen LogP contribution in [0.4, 0.5) is 0 Å². The number of carbonyl (C=O) groups is 1. The van der Waals surface area contributed by atoms with E-state index < -0.39 is 0 Å². The van der Waals surface area contributed by atoms with Gasteiger partial charge in [0, 0.05) is 13.0 Å². The highest BCUT2D eigenvalue weighted by molar-refractivity contribution is 5.75. The largest absolute Gasteiger partial charge is 0.393 e. The summed E-state index contributed by atoms with van der Waals surface area (Å²) >= 11 is 0. The number of carbonyl (C=O) groups excluding carboxylic acids is 1. The fourth-order valence-electron chi connectivity index (χ4n) is 9.91. The van der Waals surface area contributed by atoms with Gasteiger partial charge in [0.15, 0.2) is 0 Å². The molecule has 0 radical (unpaired) electrons. The molecule has 0 spiro atoms. The second-order valence-corrected chi connectivity index (χ2v) is 13.1. The van der Waals surface area contributed by atoms with E-state index in [0.29, 0.717) is 60.9 Å². The normalized spacial score (nSPS) is 46.8. The topological polar surface area (TPSA) is 95.6 Å². The molecule has 1 amide bonds. The van der Waals surface area contributed by atoms with Gasteiger partial charge in [-0.3, -0.25) is 4.79 Å². The van der Waals surface area contributed by atoms with Crippen LogP contribution in [0.5, 0.6) is 0 Å². The monoisotopic (exact) mass is 476 g/mol. The zero-order valence-corrected chi connectivity index (χ0v) is 22.3. The third kappa shape index (κ3) is 4.47. The van der Waals surface area contributed by atoms with Crippen LogP contribution in [0.25, 0.3) is 0 Å². The van der Waals surface area contributed by atoms with E-state index in [0.717, 1.165) is 38.5 Å². The average Bonchev–Trinajstić information content (AvgIpc) is 3.16. The lowest BCUT2D eigenvalue weighted by Crippen LogP contribution is -2.62. The first-order chi connectivity index (χ1) is 16.2. The Balaban J connectivity index is 1.48. The summed E-state index contributed by atoms with van der Waals surface area (Å²) in [5.74, 6) is 3.68. The number of hydrogen-bond donors (Lipinski definition) is 4. The average molecular weight is 477 g/mol. The number of aliphatic hydroxyl groups is 2. The minimum Gasteiger partial charge on any atom is -0.393 e. The molecular weight excluding hydrogens is 424 g/mol.